The molecule has 0 radical (unpaired) electrons. The minimum atomic E-state index is -1.11. The van der Waals surface area contributed by atoms with Crippen LogP contribution in [0.5, 0.6) is 5.75 Å². The molecule has 0 aliphatic carbocycles. The maximum absolute atomic E-state index is 10.3. The van der Waals surface area contributed by atoms with E-state index in [-0.39, 0.29) is 56.5 Å². The summed E-state index contributed by atoms with van der Waals surface area (Å²) in [5.74, 6) is -1.31. The van der Waals surface area contributed by atoms with Crippen LogP contribution in [0, 0.1) is 14.4 Å². The van der Waals surface area contributed by atoms with E-state index in [1.165, 1.54) is 18.2 Å². The van der Waals surface area contributed by atoms with Crippen molar-refractivity contribution in [1.29, 1.82) is 0 Å². The Balaban J connectivity index is -0.000000260. The van der Waals surface area contributed by atoms with Gasteiger partial charge in [-0.25, -0.2) is 24.4 Å². The first-order valence-corrected chi connectivity index (χ1v) is 3.55. The van der Waals surface area contributed by atoms with Crippen LogP contribution in [0.2, 0.25) is 0 Å². The second-order valence-corrected chi connectivity index (χ2v) is 2.11. The molecule has 0 saturated carbocycles. The predicted octanol–water partition coefficient (Wildman–Crippen LogP) is 2.17. The van der Waals surface area contributed by atoms with Crippen LogP contribution < -0.4 is 0 Å². The number of allylic oxidation sites excluding steroid dienone is 1. The second kappa shape index (κ2) is 11.4. The van der Waals surface area contributed by atoms with Crippen molar-refractivity contribution >= 4 is 43.7 Å². The van der Waals surface area contributed by atoms with Gasteiger partial charge in [-0.3, -0.25) is 0 Å². The van der Waals surface area contributed by atoms with Crippen LogP contribution in [0.3, 0.4) is 0 Å². The zero-order valence-corrected chi connectivity index (χ0v) is 11.0. The van der Waals surface area contributed by atoms with Crippen molar-refractivity contribution < 1.29 is 15.0 Å². The third-order valence-corrected chi connectivity index (χ3v) is 1.13. The number of hydrogen-bond donors (Lipinski definition) is 2. The number of carboxylic acids is 1. The summed E-state index contributed by atoms with van der Waals surface area (Å²) in [7, 11) is 0. The van der Waals surface area contributed by atoms with Crippen LogP contribution in [0.4, 0.5) is 0 Å². The standard InChI is InChI=1S/C7H6O3.C3H5.CH3.Ca/c8-6-4-2-1-3-5(6)7(9)10;1-3-2;;/h1-4,8H,(H,9,10);3H,1-2H2;1H3;/q;2*-1;+2. The molecule has 0 aliphatic rings. The van der Waals surface area contributed by atoms with Gasteiger partial charge in [0.15, 0.2) is 0 Å². The Morgan fingerprint density at radius 3 is 2.07 bits per heavy atom. The van der Waals surface area contributed by atoms with Gasteiger partial charge in [0.25, 0.3) is 0 Å². The van der Waals surface area contributed by atoms with Crippen LogP contribution in [-0.4, -0.2) is 53.9 Å². The molecule has 1 aromatic carbocycles. The molecule has 1 rings (SSSR count). The van der Waals surface area contributed by atoms with Crippen LogP contribution in [0.1, 0.15) is 10.4 Å². The Labute approximate surface area is 120 Å². The average molecular weight is 234 g/mol. The van der Waals surface area contributed by atoms with Gasteiger partial charge in [0.05, 0.1) is 0 Å². The molecule has 0 bridgehead atoms. The molecule has 0 atom stereocenters. The fraction of sp³-hybridized carbons (Fsp3) is 0. The molecule has 0 amide bonds. The number of benzene rings is 1. The van der Waals surface area contributed by atoms with E-state index in [4.69, 9.17) is 10.2 Å². The minimum absolute atomic E-state index is 0. The fourth-order valence-electron chi connectivity index (χ4n) is 0.654. The number of phenols is 1. The van der Waals surface area contributed by atoms with Crippen molar-refractivity contribution in [3.63, 3.8) is 0 Å². The largest absolute Gasteiger partial charge is 2.00 e. The molecule has 0 aromatic heterocycles. The van der Waals surface area contributed by atoms with Gasteiger partial charge < -0.3 is 17.6 Å². The molecule has 2 N–H and O–H groups in total. The molecule has 1 aromatic rings. The topological polar surface area (TPSA) is 57.5 Å². The van der Waals surface area contributed by atoms with Crippen molar-refractivity contribution in [2.75, 3.05) is 0 Å². The molecule has 0 heterocycles. The zero-order valence-electron chi connectivity index (χ0n) is 8.81. The minimum Gasteiger partial charge on any atom is -0.507 e. The Morgan fingerprint density at radius 2 is 1.80 bits per heavy atom. The molecular weight excluding hydrogens is 220 g/mol. The summed E-state index contributed by atoms with van der Waals surface area (Å²) < 4.78 is 0. The molecule has 4 heteroatoms. The summed E-state index contributed by atoms with van der Waals surface area (Å²) in [6.45, 7) is 6.50. The monoisotopic (exact) mass is 234 g/mol. The summed E-state index contributed by atoms with van der Waals surface area (Å²) in [6.07, 6.45) is 1.50. The van der Waals surface area contributed by atoms with E-state index in [9.17, 15) is 4.79 Å². The quantitative estimate of drug-likeness (QED) is 0.578. The predicted molar refractivity (Wildman–Crippen MR) is 62.8 cm³/mol. The van der Waals surface area contributed by atoms with Gasteiger partial charge in [-0.1, -0.05) is 12.1 Å². The normalized spacial score (nSPS) is 6.93. The third-order valence-electron chi connectivity index (χ3n) is 1.13. The summed E-state index contributed by atoms with van der Waals surface area (Å²) in [6, 6.07) is 5.81. The van der Waals surface area contributed by atoms with Gasteiger partial charge >= 0.3 is 43.7 Å². The van der Waals surface area contributed by atoms with Gasteiger partial charge in [0.1, 0.15) is 11.3 Å². The third kappa shape index (κ3) is 8.36. The Bertz CT molecular complexity index is 298. The van der Waals surface area contributed by atoms with Gasteiger partial charge in [0.2, 0.25) is 0 Å². The number of rotatable bonds is 1. The van der Waals surface area contributed by atoms with Crippen molar-refractivity contribution in [2.24, 2.45) is 0 Å². The summed E-state index contributed by atoms with van der Waals surface area (Å²) in [5.41, 5.74) is -0.0671. The Morgan fingerprint density at radius 1 is 1.40 bits per heavy atom. The van der Waals surface area contributed by atoms with E-state index in [1.807, 2.05) is 0 Å². The van der Waals surface area contributed by atoms with Gasteiger partial charge in [0, 0.05) is 0 Å². The van der Waals surface area contributed by atoms with Gasteiger partial charge in [-0.15, -0.1) is 0 Å². The molecule has 15 heavy (non-hydrogen) atoms. The summed E-state index contributed by atoms with van der Waals surface area (Å²) >= 11 is 0. The van der Waals surface area contributed by atoms with Crippen molar-refractivity contribution in [1.82, 2.24) is 0 Å². The maximum atomic E-state index is 10.3. The summed E-state index contributed by atoms with van der Waals surface area (Å²) in [4.78, 5) is 10.3. The van der Waals surface area contributed by atoms with Crippen LogP contribution in [0.25, 0.3) is 0 Å². The number of hydrogen-bond acceptors (Lipinski definition) is 2. The first kappa shape index (κ1) is 19.9. The molecule has 0 spiro atoms. The molecule has 0 fully saturated rings. The second-order valence-electron chi connectivity index (χ2n) is 2.11. The first-order valence-electron chi connectivity index (χ1n) is 3.55. The summed E-state index contributed by atoms with van der Waals surface area (Å²) in [5, 5.41) is 17.3. The molecule has 78 valence electrons. The molecule has 0 unspecified atom stereocenters. The van der Waals surface area contributed by atoms with Gasteiger partial charge in [-0.2, -0.15) is 0 Å². The SMILES string of the molecule is C=C[CH2-].O=C(O)c1ccccc1O.[CH3-].[Ca+2]. The van der Waals surface area contributed by atoms with Gasteiger partial charge in [-0.05, 0) is 12.1 Å². The Kier molecular flexibility index (Phi) is 15.1. The maximum Gasteiger partial charge on any atom is 2.00 e. The molecule has 0 aliphatic heterocycles. The molecular formula is C11H14CaO3. The smallest absolute Gasteiger partial charge is 0.507 e. The van der Waals surface area contributed by atoms with E-state index in [0.29, 0.717) is 0 Å². The van der Waals surface area contributed by atoms with Crippen LogP contribution in [0.15, 0.2) is 36.9 Å². The molecule has 3 nitrogen and oxygen atoms in total. The van der Waals surface area contributed by atoms with Crippen LogP contribution >= 0.6 is 0 Å². The van der Waals surface area contributed by atoms with E-state index < -0.39 is 5.97 Å². The average Bonchev–Trinajstić information content (AvgIpc) is 2.06. The molecule has 0 saturated heterocycles. The number of carboxylic acid groups (broad SMARTS) is 1. The van der Waals surface area contributed by atoms with Crippen molar-refractivity contribution in [3.05, 3.63) is 56.8 Å². The number of aromatic hydroxyl groups is 1. The Hall–Kier alpha value is -0.640. The van der Waals surface area contributed by atoms with E-state index in [1.54, 1.807) is 12.1 Å². The number of aromatic carboxylic acids is 1. The van der Waals surface area contributed by atoms with Crippen molar-refractivity contribution in [3.8, 4) is 5.75 Å². The van der Waals surface area contributed by atoms with Crippen molar-refractivity contribution in [2.45, 2.75) is 0 Å². The van der Waals surface area contributed by atoms with Crippen LogP contribution in [-0.2, 0) is 0 Å². The fourth-order valence-corrected chi connectivity index (χ4v) is 0.654. The zero-order chi connectivity index (χ0) is 10.3. The number of para-hydroxylation sites is 1. The first-order chi connectivity index (χ1) is 6.13. The number of carbonyl (C=O) groups is 1. The van der Waals surface area contributed by atoms with E-state index in [2.05, 4.69) is 13.5 Å². The van der Waals surface area contributed by atoms with E-state index >= 15 is 0 Å². The van der Waals surface area contributed by atoms with E-state index in [0.717, 1.165) is 0 Å².